The van der Waals surface area contributed by atoms with Gasteiger partial charge in [-0.15, -0.1) is 5.10 Å². The first-order valence-electron chi connectivity index (χ1n) is 10.2. The fraction of sp³-hybridized carbons (Fsp3) is 0.500. The average molecular weight is 378 g/mol. The van der Waals surface area contributed by atoms with E-state index < -0.39 is 0 Å². The lowest BCUT2D eigenvalue weighted by Crippen LogP contribution is -2.30. The molecule has 28 heavy (non-hydrogen) atoms. The summed E-state index contributed by atoms with van der Waals surface area (Å²) in [6, 6.07) is 7.79. The summed E-state index contributed by atoms with van der Waals surface area (Å²) < 4.78 is 7.07. The van der Waals surface area contributed by atoms with Gasteiger partial charge in [0.25, 0.3) is 5.56 Å². The lowest BCUT2D eigenvalue weighted by atomic mass is 9.86. The fourth-order valence-electron chi connectivity index (χ4n) is 5.01. The highest BCUT2D eigenvalue weighted by Crippen LogP contribution is 2.46. The number of aliphatic imine (C=N–C) groups is 1. The highest BCUT2D eigenvalue weighted by Gasteiger charge is 2.41. The van der Waals surface area contributed by atoms with Gasteiger partial charge in [-0.05, 0) is 41.9 Å². The Hall–Kier alpha value is -2.63. The second-order valence-electron chi connectivity index (χ2n) is 8.39. The second kappa shape index (κ2) is 6.76. The first-order valence-corrected chi connectivity index (χ1v) is 10.2. The van der Waals surface area contributed by atoms with Crippen LogP contribution in [0.1, 0.15) is 43.2 Å². The van der Waals surface area contributed by atoms with Crippen LogP contribution in [0.4, 0.5) is 11.5 Å². The topological polar surface area (TPSA) is 59.7 Å². The second-order valence-corrected chi connectivity index (χ2v) is 8.39. The molecule has 146 valence electrons. The van der Waals surface area contributed by atoms with Crippen molar-refractivity contribution in [3.8, 4) is 5.75 Å². The zero-order valence-corrected chi connectivity index (χ0v) is 16.4. The van der Waals surface area contributed by atoms with Gasteiger partial charge in [-0.25, -0.2) is 4.68 Å². The molecule has 3 heterocycles. The molecule has 2 fully saturated rings. The lowest BCUT2D eigenvalue weighted by Gasteiger charge is -2.25. The maximum absolute atomic E-state index is 12.6. The Labute approximate surface area is 164 Å². The zero-order chi connectivity index (χ0) is 19.1. The van der Waals surface area contributed by atoms with Crippen LogP contribution in [0, 0.1) is 5.41 Å². The smallest absolute Gasteiger partial charge is 0.270 e. The van der Waals surface area contributed by atoms with Crippen LogP contribution in [0.25, 0.3) is 0 Å². The number of hydrogen-bond donors (Lipinski definition) is 0. The molecule has 0 radical (unpaired) electrons. The van der Waals surface area contributed by atoms with E-state index >= 15 is 0 Å². The third-order valence-electron chi connectivity index (χ3n) is 6.59. The van der Waals surface area contributed by atoms with Crippen LogP contribution < -0.4 is 15.2 Å². The van der Waals surface area contributed by atoms with E-state index in [0.717, 1.165) is 36.6 Å². The standard InChI is InChI=1S/C22H26N4O2/c1-28-19-13-20(27)26(14-16-4-5-17-6-10-23-18(17)12-16)24-21(19)25-11-9-22(15-25)7-2-3-8-22/h4-5,10,12-13H,2-3,6-9,11,14-15H2,1H3. The van der Waals surface area contributed by atoms with Crippen LogP contribution in [0.15, 0.2) is 34.1 Å². The van der Waals surface area contributed by atoms with Crippen molar-refractivity contribution in [1.82, 2.24) is 9.78 Å². The SMILES string of the molecule is COc1cc(=O)n(Cc2ccc3c(c2)N=CC3)nc1N1CCC2(CCCC2)C1. The molecule has 6 heteroatoms. The van der Waals surface area contributed by atoms with Gasteiger partial charge in [-0.3, -0.25) is 9.79 Å². The normalized spacial score (nSPS) is 19.5. The lowest BCUT2D eigenvalue weighted by molar-refractivity contribution is 0.339. The summed E-state index contributed by atoms with van der Waals surface area (Å²) in [5.74, 6) is 1.37. The summed E-state index contributed by atoms with van der Waals surface area (Å²) in [5, 5.41) is 4.74. The molecule has 0 atom stereocenters. The minimum atomic E-state index is -0.139. The molecule has 1 aliphatic carbocycles. The summed E-state index contributed by atoms with van der Waals surface area (Å²) in [4.78, 5) is 19.4. The summed E-state index contributed by atoms with van der Waals surface area (Å²) in [7, 11) is 1.62. The van der Waals surface area contributed by atoms with Gasteiger partial charge in [0.15, 0.2) is 11.6 Å². The van der Waals surface area contributed by atoms with Gasteiger partial charge in [0, 0.05) is 25.7 Å². The van der Waals surface area contributed by atoms with Gasteiger partial charge in [0.1, 0.15) is 0 Å². The van der Waals surface area contributed by atoms with Crippen LogP contribution in [0.2, 0.25) is 0 Å². The maximum atomic E-state index is 12.6. The van der Waals surface area contributed by atoms with Crippen LogP contribution in [0.3, 0.4) is 0 Å². The molecular weight excluding hydrogens is 352 g/mol. The predicted molar refractivity (Wildman–Crippen MR) is 110 cm³/mol. The quantitative estimate of drug-likeness (QED) is 0.819. The number of methoxy groups -OCH3 is 1. The molecule has 1 spiro atoms. The van der Waals surface area contributed by atoms with Crippen molar-refractivity contribution in [2.75, 3.05) is 25.1 Å². The molecule has 1 saturated heterocycles. The Morgan fingerprint density at radius 1 is 1.18 bits per heavy atom. The maximum Gasteiger partial charge on any atom is 0.270 e. The van der Waals surface area contributed by atoms with Crippen molar-refractivity contribution in [1.29, 1.82) is 0 Å². The third-order valence-corrected chi connectivity index (χ3v) is 6.59. The average Bonchev–Trinajstić information content (AvgIpc) is 3.45. The Bertz CT molecular complexity index is 989. The highest BCUT2D eigenvalue weighted by atomic mass is 16.5. The van der Waals surface area contributed by atoms with E-state index in [4.69, 9.17) is 9.84 Å². The Balaban J connectivity index is 1.45. The summed E-state index contributed by atoms with van der Waals surface area (Å²) in [6.45, 7) is 2.44. The molecule has 2 aromatic rings. The van der Waals surface area contributed by atoms with E-state index in [1.165, 1.54) is 37.7 Å². The molecule has 0 bridgehead atoms. The third kappa shape index (κ3) is 3.01. The first-order chi connectivity index (χ1) is 13.7. The monoisotopic (exact) mass is 378 g/mol. The zero-order valence-electron chi connectivity index (χ0n) is 16.4. The van der Waals surface area contributed by atoms with Crippen molar-refractivity contribution in [3.05, 3.63) is 45.7 Å². The number of aromatic nitrogens is 2. The van der Waals surface area contributed by atoms with Crippen molar-refractivity contribution in [2.24, 2.45) is 10.4 Å². The first kappa shape index (κ1) is 17.5. The van der Waals surface area contributed by atoms with Gasteiger partial charge in [0.05, 0.1) is 25.4 Å². The van der Waals surface area contributed by atoms with E-state index in [-0.39, 0.29) is 5.56 Å². The number of ether oxygens (including phenoxy) is 1. The van der Waals surface area contributed by atoms with Crippen molar-refractivity contribution in [3.63, 3.8) is 0 Å². The van der Waals surface area contributed by atoms with Gasteiger partial charge in [-0.2, -0.15) is 0 Å². The molecule has 6 nitrogen and oxygen atoms in total. The van der Waals surface area contributed by atoms with Gasteiger partial charge in [-0.1, -0.05) is 25.0 Å². The highest BCUT2D eigenvalue weighted by molar-refractivity contribution is 5.75. The summed E-state index contributed by atoms with van der Waals surface area (Å²) in [6.07, 6.45) is 9.30. The van der Waals surface area contributed by atoms with Crippen molar-refractivity contribution in [2.45, 2.75) is 45.1 Å². The van der Waals surface area contributed by atoms with Crippen molar-refractivity contribution >= 4 is 17.7 Å². The minimum Gasteiger partial charge on any atom is -0.493 e. The number of anilines is 1. The van der Waals surface area contributed by atoms with Crippen molar-refractivity contribution < 1.29 is 4.74 Å². The number of hydrogen-bond acceptors (Lipinski definition) is 5. The summed E-state index contributed by atoms with van der Waals surface area (Å²) >= 11 is 0. The number of fused-ring (bicyclic) bond motifs is 1. The van der Waals surface area contributed by atoms with Crippen LogP contribution >= 0.6 is 0 Å². The van der Waals surface area contributed by atoms with Crippen LogP contribution in [-0.2, 0) is 13.0 Å². The number of nitrogens with zero attached hydrogens (tertiary/aromatic N) is 4. The molecule has 0 N–H and O–H groups in total. The Morgan fingerprint density at radius 2 is 2.04 bits per heavy atom. The van der Waals surface area contributed by atoms with Gasteiger partial charge < -0.3 is 9.64 Å². The van der Waals surface area contributed by atoms with E-state index in [1.54, 1.807) is 17.9 Å². The van der Waals surface area contributed by atoms with E-state index in [0.29, 0.717) is 17.7 Å². The Morgan fingerprint density at radius 3 is 2.86 bits per heavy atom. The van der Waals surface area contributed by atoms with E-state index in [2.05, 4.69) is 28.1 Å². The largest absolute Gasteiger partial charge is 0.493 e. The van der Waals surface area contributed by atoms with E-state index in [1.807, 2.05) is 6.21 Å². The molecule has 0 unspecified atom stereocenters. The molecule has 1 aromatic heterocycles. The molecule has 2 aliphatic heterocycles. The van der Waals surface area contributed by atoms with Crippen LogP contribution in [-0.4, -0.2) is 36.2 Å². The molecule has 0 amide bonds. The molecular formula is C22H26N4O2. The fourth-order valence-corrected chi connectivity index (χ4v) is 5.01. The van der Waals surface area contributed by atoms with Gasteiger partial charge >= 0.3 is 0 Å². The molecule has 3 aliphatic rings. The van der Waals surface area contributed by atoms with Gasteiger partial charge in [0.2, 0.25) is 0 Å². The predicted octanol–water partition coefficient (Wildman–Crippen LogP) is 3.33. The number of rotatable bonds is 4. The molecule has 1 saturated carbocycles. The van der Waals surface area contributed by atoms with Crippen LogP contribution in [0.5, 0.6) is 5.75 Å². The van der Waals surface area contributed by atoms with E-state index in [9.17, 15) is 4.79 Å². The summed E-state index contributed by atoms with van der Waals surface area (Å²) in [5.41, 5.74) is 3.57. The molecule has 5 rings (SSSR count). The Kier molecular flexibility index (Phi) is 4.22. The minimum absolute atomic E-state index is 0.139. The molecule has 1 aromatic carbocycles. The number of benzene rings is 1.